The molecule has 8 nitrogen and oxygen atoms in total. The number of carbonyl (C=O) groups excluding carboxylic acids is 1. The molecule has 1 aliphatic carbocycles. The molecule has 0 unspecified atom stereocenters. The Morgan fingerprint density at radius 2 is 1.82 bits per heavy atom. The minimum atomic E-state index is -0.684. The van der Waals surface area contributed by atoms with Crippen molar-refractivity contribution in [3.05, 3.63) is 77.5 Å². The highest BCUT2D eigenvalue weighted by Crippen LogP contribution is 2.39. The van der Waals surface area contributed by atoms with E-state index in [1.165, 1.54) is 32.5 Å². The van der Waals surface area contributed by atoms with Crippen molar-refractivity contribution in [1.29, 1.82) is 0 Å². The number of allylic oxidation sites excluding steroid dienone is 2. The molecule has 38 heavy (non-hydrogen) atoms. The second-order valence-electron chi connectivity index (χ2n) is 8.84. The second kappa shape index (κ2) is 10.4. The van der Waals surface area contributed by atoms with E-state index < -0.39 is 11.7 Å². The molecule has 0 atom stereocenters. The number of fused-ring (bicyclic) bond motifs is 1. The van der Waals surface area contributed by atoms with Gasteiger partial charge in [-0.15, -0.1) is 0 Å². The Bertz CT molecular complexity index is 1580. The number of aromatic nitrogens is 2. The van der Waals surface area contributed by atoms with E-state index in [4.69, 9.17) is 14.2 Å². The van der Waals surface area contributed by atoms with Gasteiger partial charge in [0.15, 0.2) is 23.1 Å². The van der Waals surface area contributed by atoms with E-state index in [0.717, 1.165) is 30.9 Å². The van der Waals surface area contributed by atoms with Crippen LogP contribution in [0.1, 0.15) is 40.9 Å². The Labute approximate surface area is 218 Å². The first-order valence-corrected chi connectivity index (χ1v) is 12.1. The van der Waals surface area contributed by atoms with Gasteiger partial charge in [0.1, 0.15) is 17.1 Å². The fraction of sp³-hybridized carbons (Fsp3) is 0.207. The molecule has 0 aliphatic heterocycles. The summed E-state index contributed by atoms with van der Waals surface area (Å²) >= 11 is 0. The van der Waals surface area contributed by atoms with E-state index in [1.54, 1.807) is 31.3 Å². The van der Waals surface area contributed by atoms with Crippen molar-refractivity contribution >= 4 is 28.1 Å². The number of carbonyl (C=O) groups is 1. The Morgan fingerprint density at radius 1 is 1.03 bits per heavy atom. The van der Waals surface area contributed by atoms with Crippen molar-refractivity contribution in [1.82, 2.24) is 9.97 Å². The van der Waals surface area contributed by atoms with Crippen LogP contribution in [0, 0.1) is 12.7 Å². The van der Waals surface area contributed by atoms with Crippen LogP contribution in [0.2, 0.25) is 0 Å². The van der Waals surface area contributed by atoms with Gasteiger partial charge in [0.2, 0.25) is 0 Å². The summed E-state index contributed by atoms with van der Waals surface area (Å²) in [6, 6.07) is 9.12. The number of anilines is 1. The van der Waals surface area contributed by atoms with E-state index in [2.05, 4.69) is 21.4 Å². The van der Waals surface area contributed by atoms with Gasteiger partial charge in [-0.25, -0.2) is 4.39 Å². The SMILES string of the molecule is COc1cc2nccc(Oc3ccc(NC(=O)c4cnc(C)c(C5=CCCC5)c4O)cc3F)c2cc1OC. The van der Waals surface area contributed by atoms with Crippen molar-refractivity contribution in [3.8, 4) is 28.7 Å². The summed E-state index contributed by atoms with van der Waals surface area (Å²) in [6.07, 6.45) is 7.67. The summed E-state index contributed by atoms with van der Waals surface area (Å²) in [5.41, 5.74) is 3.03. The number of aryl methyl sites for hydroxylation is 1. The highest BCUT2D eigenvalue weighted by molar-refractivity contribution is 6.07. The molecule has 194 valence electrons. The highest BCUT2D eigenvalue weighted by Gasteiger charge is 2.22. The first-order chi connectivity index (χ1) is 18.4. The predicted octanol–water partition coefficient (Wildman–Crippen LogP) is 6.41. The summed E-state index contributed by atoms with van der Waals surface area (Å²) in [6.45, 7) is 1.79. The van der Waals surface area contributed by atoms with Gasteiger partial charge >= 0.3 is 0 Å². The fourth-order valence-electron chi connectivity index (χ4n) is 4.56. The molecule has 5 rings (SSSR count). The number of halogens is 1. The maximum atomic E-state index is 15.0. The molecule has 2 heterocycles. The third-order valence-electron chi connectivity index (χ3n) is 6.46. The van der Waals surface area contributed by atoms with Crippen LogP contribution in [0.3, 0.4) is 0 Å². The smallest absolute Gasteiger partial charge is 0.261 e. The first-order valence-electron chi connectivity index (χ1n) is 12.1. The lowest BCUT2D eigenvalue weighted by Crippen LogP contribution is -2.14. The van der Waals surface area contributed by atoms with Crippen molar-refractivity contribution in [3.63, 3.8) is 0 Å². The number of hydrogen-bond donors (Lipinski definition) is 2. The van der Waals surface area contributed by atoms with Crippen LogP contribution in [0.25, 0.3) is 16.5 Å². The van der Waals surface area contributed by atoms with Crippen LogP contribution in [0.5, 0.6) is 28.7 Å². The van der Waals surface area contributed by atoms with Gasteiger partial charge in [-0.1, -0.05) is 6.08 Å². The number of ether oxygens (including phenoxy) is 3. The van der Waals surface area contributed by atoms with Crippen LogP contribution in [0.4, 0.5) is 10.1 Å². The van der Waals surface area contributed by atoms with E-state index in [0.29, 0.717) is 39.4 Å². The molecule has 1 amide bonds. The van der Waals surface area contributed by atoms with Crippen LogP contribution in [-0.4, -0.2) is 35.2 Å². The molecule has 9 heteroatoms. The quantitative estimate of drug-likeness (QED) is 0.293. The molecule has 0 bridgehead atoms. The fourth-order valence-corrected chi connectivity index (χ4v) is 4.56. The third-order valence-corrected chi connectivity index (χ3v) is 6.46. The van der Waals surface area contributed by atoms with Gasteiger partial charge in [-0.3, -0.25) is 14.8 Å². The average Bonchev–Trinajstić information content (AvgIpc) is 3.44. The average molecular weight is 516 g/mol. The number of aromatic hydroxyl groups is 1. The largest absolute Gasteiger partial charge is 0.506 e. The van der Waals surface area contributed by atoms with E-state index in [-0.39, 0.29) is 22.7 Å². The standard InChI is InChI=1S/C29H26FN3O5/c1-16-27(17-6-4-5-7-17)28(34)20(15-32-16)29(35)33-18-8-9-24(21(30)12-18)38-23-10-11-31-22-14-26(37-3)25(36-2)13-19(22)23/h6,8-15H,4-5,7H2,1-3H3,(H,32,34)(H,33,35). The molecular formula is C29H26FN3O5. The monoisotopic (exact) mass is 515 g/mol. The number of nitrogens with one attached hydrogen (secondary N) is 1. The van der Waals surface area contributed by atoms with Gasteiger partial charge in [0, 0.05) is 46.9 Å². The summed E-state index contributed by atoms with van der Waals surface area (Å²) in [4.78, 5) is 21.6. The highest BCUT2D eigenvalue weighted by atomic mass is 19.1. The normalized spacial score (nSPS) is 12.8. The first kappa shape index (κ1) is 25.0. The van der Waals surface area contributed by atoms with Crippen molar-refractivity contribution in [2.24, 2.45) is 0 Å². The maximum absolute atomic E-state index is 15.0. The molecule has 2 aromatic carbocycles. The van der Waals surface area contributed by atoms with Gasteiger partial charge in [-0.05, 0) is 56.0 Å². The van der Waals surface area contributed by atoms with E-state index in [9.17, 15) is 9.90 Å². The Kier molecular flexibility index (Phi) is 6.83. The lowest BCUT2D eigenvalue weighted by molar-refractivity contribution is 0.102. The van der Waals surface area contributed by atoms with Gasteiger partial charge < -0.3 is 24.6 Å². The summed E-state index contributed by atoms with van der Waals surface area (Å²) in [7, 11) is 3.05. The Hall–Kier alpha value is -4.66. The van der Waals surface area contributed by atoms with Crippen LogP contribution in [0.15, 0.2) is 54.9 Å². The zero-order valence-electron chi connectivity index (χ0n) is 21.2. The second-order valence-corrected chi connectivity index (χ2v) is 8.84. The number of nitrogens with zero attached hydrogens (tertiary/aromatic N) is 2. The lowest BCUT2D eigenvalue weighted by Gasteiger charge is -2.14. The number of methoxy groups -OCH3 is 2. The molecule has 0 saturated carbocycles. The molecular weight excluding hydrogens is 489 g/mol. The Morgan fingerprint density at radius 3 is 2.53 bits per heavy atom. The maximum Gasteiger partial charge on any atom is 0.261 e. The predicted molar refractivity (Wildman–Crippen MR) is 142 cm³/mol. The molecule has 0 spiro atoms. The molecule has 2 N–H and O–H groups in total. The topological polar surface area (TPSA) is 103 Å². The Balaban J connectivity index is 1.38. The van der Waals surface area contributed by atoms with Crippen LogP contribution < -0.4 is 19.5 Å². The van der Waals surface area contributed by atoms with Gasteiger partial charge in [-0.2, -0.15) is 0 Å². The number of rotatable bonds is 7. The number of pyridine rings is 2. The molecule has 2 aromatic heterocycles. The van der Waals surface area contributed by atoms with Crippen molar-refractivity contribution in [2.75, 3.05) is 19.5 Å². The number of benzene rings is 2. The zero-order valence-corrected chi connectivity index (χ0v) is 21.2. The number of hydrogen-bond acceptors (Lipinski definition) is 7. The van der Waals surface area contributed by atoms with E-state index in [1.807, 2.05) is 0 Å². The summed E-state index contributed by atoms with van der Waals surface area (Å²) in [5, 5.41) is 14.1. The minimum Gasteiger partial charge on any atom is -0.506 e. The number of amides is 1. The molecule has 0 radical (unpaired) electrons. The van der Waals surface area contributed by atoms with E-state index >= 15 is 4.39 Å². The van der Waals surface area contributed by atoms with Gasteiger partial charge in [0.25, 0.3) is 5.91 Å². The summed E-state index contributed by atoms with van der Waals surface area (Å²) < 4.78 is 31.6. The molecule has 0 fully saturated rings. The summed E-state index contributed by atoms with van der Waals surface area (Å²) in [5.74, 6) is -0.0763. The minimum absolute atomic E-state index is 0.0202. The van der Waals surface area contributed by atoms with Crippen LogP contribution >= 0.6 is 0 Å². The molecule has 4 aromatic rings. The van der Waals surface area contributed by atoms with Crippen molar-refractivity contribution < 1.29 is 28.5 Å². The zero-order chi connectivity index (χ0) is 26.8. The van der Waals surface area contributed by atoms with Gasteiger partial charge in [0.05, 0.1) is 19.7 Å². The van der Waals surface area contributed by atoms with Crippen LogP contribution in [-0.2, 0) is 0 Å². The molecule has 0 saturated heterocycles. The molecule has 1 aliphatic rings. The lowest BCUT2D eigenvalue weighted by atomic mass is 10.00. The van der Waals surface area contributed by atoms with Crippen molar-refractivity contribution in [2.45, 2.75) is 26.2 Å². The third kappa shape index (κ3) is 4.70.